The van der Waals surface area contributed by atoms with Crippen molar-refractivity contribution in [3.63, 3.8) is 0 Å². The molecule has 0 aromatic heterocycles. The standard InChI is InChI=1S/C17H27N3O/c1-15-6-4-7-16(14-15)17(21)20-12-10-19(11-13-20)9-5-8-18(2)3/h4,6-7,14H,5,8-13H2,1-3H3. The molecule has 0 unspecified atom stereocenters. The van der Waals surface area contributed by atoms with Crippen molar-refractivity contribution in [1.29, 1.82) is 0 Å². The van der Waals surface area contributed by atoms with Crippen molar-refractivity contribution in [1.82, 2.24) is 14.7 Å². The van der Waals surface area contributed by atoms with Gasteiger partial charge in [-0.15, -0.1) is 0 Å². The van der Waals surface area contributed by atoms with Gasteiger partial charge in [-0.1, -0.05) is 17.7 Å². The van der Waals surface area contributed by atoms with Gasteiger partial charge < -0.3 is 9.80 Å². The van der Waals surface area contributed by atoms with E-state index in [0.717, 1.165) is 50.4 Å². The average Bonchev–Trinajstić information content (AvgIpc) is 2.47. The van der Waals surface area contributed by atoms with Gasteiger partial charge in [0, 0.05) is 31.7 Å². The van der Waals surface area contributed by atoms with Crippen LogP contribution in [0.4, 0.5) is 0 Å². The molecule has 0 saturated carbocycles. The predicted octanol–water partition coefficient (Wildman–Crippen LogP) is 1.70. The molecule has 21 heavy (non-hydrogen) atoms. The van der Waals surface area contributed by atoms with Crippen LogP contribution in [0.3, 0.4) is 0 Å². The smallest absolute Gasteiger partial charge is 0.253 e. The molecule has 0 radical (unpaired) electrons. The van der Waals surface area contributed by atoms with Crippen LogP contribution >= 0.6 is 0 Å². The zero-order valence-electron chi connectivity index (χ0n) is 13.5. The predicted molar refractivity (Wildman–Crippen MR) is 86.7 cm³/mol. The van der Waals surface area contributed by atoms with Crippen molar-refractivity contribution < 1.29 is 4.79 Å². The van der Waals surface area contributed by atoms with Crippen LogP contribution in [0.15, 0.2) is 24.3 Å². The van der Waals surface area contributed by atoms with Crippen LogP contribution in [0.2, 0.25) is 0 Å². The minimum Gasteiger partial charge on any atom is -0.336 e. The summed E-state index contributed by atoms with van der Waals surface area (Å²) in [5.41, 5.74) is 1.96. The van der Waals surface area contributed by atoms with E-state index in [0.29, 0.717) is 0 Å². The molecular formula is C17H27N3O. The van der Waals surface area contributed by atoms with E-state index in [4.69, 9.17) is 0 Å². The first-order valence-corrected chi connectivity index (χ1v) is 7.79. The van der Waals surface area contributed by atoms with Gasteiger partial charge in [-0.3, -0.25) is 9.69 Å². The third-order valence-electron chi connectivity index (χ3n) is 4.00. The lowest BCUT2D eigenvalue weighted by Gasteiger charge is -2.35. The lowest BCUT2D eigenvalue weighted by Crippen LogP contribution is -2.49. The molecule has 4 nitrogen and oxygen atoms in total. The lowest BCUT2D eigenvalue weighted by atomic mass is 10.1. The summed E-state index contributed by atoms with van der Waals surface area (Å²) >= 11 is 0. The number of rotatable bonds is 5. The van der Waals surface area contributed by atoms with Crippen LogP contribution in [0.25, 0.3) is 0 Å². The molecule has 4 heteroatoms. The molecule has 1 aromatic carbocycles. The van der Waals surface area contributed by atoms with Crippen molar-refractivity contribution >= 4 is 5.91 Å². The molecule has 0 bridgehead atoms. The fraction of sp³-hybridized carbons (Fsp3) is 0.588. The first kappa shape index (κ1) is 16.0. The van der Waals surface area contributed by atoms with Gasteiger partial charge in [-0.05, 0) is 52.7 Å². The van der Waals surface area contributed by atoms with Gasteiger partial charge in [-0.2, -0.15) is 0 Å². The van der Waals surface area contributed by atoms with Crippen LogP contribution in [0.1, 0.15) is 22.3 Å². The fourth-order valence-corrected chi connectivity index (χ4v) is 2.75. The normalized spacial score (nSPS) is 16.5. The second kappa shape index (κ2) is 7.57. The summed E-state index contributed by atoms with van der Waals surface area (Å²) in [4.78, 5) is 19.1. The second-order valence-electron chi connectivity index (χ2n) is 6.16. The highest BCUT2D eigenvalue weighted by molar-refractivity contribution is 5.94. The molecule has 0 N–H and O–H groups in total. The van der Waals surface area contributed by atoms with Crippen LogP contribution in [0, 0.1) is 6.92 Å². The molecule has 1 aromatic rings. The van der Waals surface area contributed by atoms with Gasteiger partial charge in [0.05, 0.1) is 0 Å². The lowest BCUT2D eigenvalue weighted by molar-refractivity contribution is 0.0633. The highest BCUT2D eigenvalue weighted by Gasteiger charge is 2.21. The van der Waals surface area contributed by atoms with Crippen LogP contribution < -0.4 is 0 Å². The van der Waals surface area contributed by atoms with Gasteiger partial charge >= 0.3 is 0 Å². The molecule has 0 aliphatic carbocycles. The molecule has 1 saturated heterocycles. The van der Waals surface area contributed by atoms with Crippen molar-refractivity contribution in [3.8, 4) is 0 Å². The summed E-state index contributed by atoms with van der Waals surface area (Å²) in [5, 5.41) is 0. The van der Waals surface area contributed by atoms with E-state index in [9.17, 15) is 4.79 Å². The summed E-state index contributed by atoms with van der Waals surface area (Å²) < 4.78 is 0. The minimum atomic E-state index is 0.173. The maximum Gasteiger partial charge on any atom is 0.253 e. The molecule has 1 aliphatic heterocycles. The summed E-state index contributed by atoms with van der Waals surface area (Å²) in [6.07, 6.45) is 1.19. The Labute approximate surface area is 128 Å². The van der Waals surface area contributed by atoms with Gasteiger partial charge in [-0.25, -0.2) is 0 Å². The Bertz CT molecular complexity index is 465. The molecule has 1 fully saturated rings. The SMILES string of the molecule is Cc1cccc(C(=O)N2CCN(CCCN(C)C)CC2)c1. The van der Waals surface area contributed by atoms with Gasteiger partial charge in [0.15, 0.2) is 0 Å². The van der Waals surface area contributed by atoms with Gasteiger partial charge in [0.25, 0.3) is 5.91 Å². The van der Waals surface area contributed by atoms with Crippen molar-refractivity contribution in [2.75, 3.05) is 53.4 Å². The highest BCUT2D eigenvalue weighted by atomic mass is 16.2. The number of carbonyl (C=O) groups excluding carboxylic acids is 1. The number of carbonyl (C=O) groups is 1. The third-order valence-corrected chi connectivity index (χ3v) is 4.00. The highest BCUT2D eigenvalue weighted by Crippen LogP contribution is 2.10. The Kier molecular flexibility index (Phi) is 5.76. The van der Waals surface area contributed by atoms with Crippen molar-refractivity contribution in [2.24, 2.45) is 0 Å². The number of piperazine rings is 1. The van der Waals surface area contributed by atoms with E-state index in [1.165, 1.54) is 6.42 Å². The number of amides is 1. The van der Waals surface area contributed by atoms with E-state index < -0.39 is 0 Å². The van der Waals surface area contributed by atoms with E-state index in [2.05, 4.69) is 23.9 Å². The van der Waals surface area contributed by atoms with E-state index in [1.54, 1.807) is 0 Å². The molecule has 116 valence electrons. The molecule has 1 amide bonds. The summed E-state index contributed by atoms with van der Waals surface area (Å²) in [6, 6.07) is 7.88. The van der Waals surface area contributed by atoms with E-state index in [-0.39, 0.29) is 5.91 Å². The summed E-state index contributed by atoms with van der Waals surface area (Å²) in [5.74, 6) is 0.173. The topological polar surface area (TPSA) is 26.8 Å². The molecule has 0 atom stereocenters. The maximum atomic E-state index is 12.5. The van der Waals surface area contributed by atoms with E-state index in [1.807, 2.05) is 36.1 Å². The van der Waals surface area contributed by atoms with Crippen molar-refractivity contribution in [2.45, 2.75) is 13.3 Å². The Balaban J connectivity index is 1.79. The van der Waals surface area contributed by atoms with Gasteiger partial charge in [0.1, 0.15) is 0 Å². The summed E-state index contributed by atoms with van der Waals surface area (Å²) in [6.45, 7) is 7.95. The Morgan fingerprint density at radius 3 is 2.52 bits per heavy atom. The molecular weight excluding hydrogens is 262 g/mol. The Morgan fingerprint density at radius 2 is 1.90 bits per heavy atom. The molecule has 2 rings (SSSR count). The number of hydrogen-bond donors (Lipinski definition) is 0. The zero-order chi connectivity index (χ0) is 15.2. The van der Waals surface area contributed by atoms with Crippen LogP contribution in [-0.2, 0) is 0 Å². The third kappa shape index (κ3) is 4.83. The van der Waals surface area contributed by atoms with Crippen LogP contribution in [0.5, 0.6) is 0 Å². The second-order valence-corrected chi connectivity index (χ2v) is 6.16. The molecule has 1 heterocycles. The van der Waals surface area contributed by atoms with Gasteiger partial charge in [0.2, 0.25) is 0 Å². The zero-order valence-corrected chi connectivity index (χ0v) is 13.5. The number of hydrogen-bond acceptors (Lipinski definition) is 3. The number of nitrogens with zero attached hydrogens (tertiary/aromatic N) is 3. The molecule has 0 spiro atoms. The summed E-state index contributed by atoms with van der Waals surface area (Å²) in [7, 11) is 4.22. The monoisotopic (exact) mass is 289 g/mol. The maximum absolute atomic E-state index is 12.5. The average molecular weight is 289 g/mol. The largest absolute Gasteiger partial charge is 0.336 e. The number of benzene rings is 1. The van der Waals surface area contributed by atoms with Crippen LogP contribution in [-0.4, -0.2) is 74.0 Å². The van der Waals surface area contributed by atoms with Crippen molar-refractivity contribution in [3.05, 3.63) is 35.4 Å². The molecule has 1 aliphatic rings. The fourth-order valence-electron chi connectivity index (χ4n) is 2.75. The Morgan fingerprint density at radius 1 is 1.19 bits per heavy atom. The minimum absolute atomic E-state index is 0.173. The number of aryl methyl sites for hydroxylation is 1. The quantitative estimate of drug-likeness (QED) is 0.825. The first-order chi connectivity index (χ1) is 10.1. The van der Waals surface area contributed by atoms with E-state index >= 15 is 0 Å². The first-order valence-electron chi connectivity index (χ1n) is 7.79. The Hall–Kier alpha value is -1.39.